The van der Waals surface area contributed by atoms with Crippen LogP contribution in [0, 0.1) is 5.92 Å². The summed E-state index contributed by atoms with van der Waals surface area (Å²) in [5, 5.41) is 4.45. The smallest absolute Gasteiger partial charge is 0.231 e. The molecule has 0 spiro atoms. The Morgan fingerprint density at radius 3 is 0.852 bits per heavy atom. The van der Waals surface area contributed by atoms with E-state index >= 15 is 0 Å². The Kier molecular flexibility index (Phi) is 27.5. The van der Waals surface area contributed by atoms with Crippen LogP contribution in [0.5, 0.6) is 69.0 Å². The summed E-state index contributed by atoms with van der Waals surface area (Å²) in [6.07, 6.45) is 17.8. The third kappa shape index (κ3) is 18.5. The maximum absolute atomic E-state index is 5.92. The Morgan fingerprint density at radius 1 is 0.304 bits per heavy atom. The minimum atomic E-state index is 0.363. The SMILES string of the molecule is CCc1cc2c(s1)C[C@H]1c3cc(OC)c(OC)cc3CCN1C2.CCc1cc2c(s1)C[C@H]1c3cc4c(cc3CCN1C2)OCO4.COc1cc2c(cc1OC)[C@@H]1Cc3sc(CC(C)C)cc3CN1CC2.COc1cc2c(cc1OC)[C@@H]1Cc3sc(CCCl)cc3CN1CC2.COc1cc2c(cc1OC)[C@@H]1Cc3sccc3CN1CC2.c1cc2c(s1)C[C@H]1c3cc4c(cc3CCN1C2)OCO4. The summed E-state index contributed by atoms with van der Waals surface area (Å²) < 4.78 is 66.2. The van der Waals surface area contributed by atoms with Gasteiger partial charge in [0.1, 0.15) is 0 Å². The van der Waals surface area contributed by atoms with E-state index in [4.69, 9.17) is 68.4 Å². The molecule has 12 aromatic rings. The third-order valence-corrected chi connectivity index (χ3v) is 37.6. The van der Waals surface area contributed by atoms with Crippen molar-refractivity contribution in [2.45, 2.75) is 206 Å². The van der Waals surface area contributed by atoms with Gasteiger partial charge >= 0.3 is 0 Å². The van der Waals surface area contributed by atoms with Crippen LogP contribution in [0.2, 0.25) is 0 Å². The second-order valence-electron chi connectivity index (χ2n) is 38.2. The van der Waals surface area contributed by atoms with Gasteiger partial charge in [-0.3, -0.25) is 29.4 Å². The third-order valence-electron chi connectivity index (χ3n) is 30.3. The molecule has 6 aromatic carbocycles. The summed E-state index contributed by atoms with van der Waals surface area (Å²) in [7, 11) is 13.7. The number of halogens is 1. The molecular weight excluding hydrogens is 1830 g/mol. The zero-order valence-electron chi connectivity index (χ0n) is 79.9. The Hall–Kier alpha value is -8.83. The molecule has 135 heavy (non-hydrogen) atoms. The Balaban J connectivity index is 0.0000000972. The maximum atomic E-state index is 5.92. The number of alkyl halides is 1. The minimum Gasteiger partial charge on any atom is -0.493 e. The summed E-state index contributed by atoms with van der Waals surface area (Å²) in [5.41, 5.74) is 26.3. The summed E-state index contributed by atoms with van der Waals surface area (Å²) in [6.45, 7) is 23.1. The first-order valence-electron chi connectivity index (χ1n) is 48.4. The van der Waals surface area contributed by atoms with Crippen molar-refractivity contribution in [3.63, 3.8) is 0 Å². The zero-order valence-corrected chi connectivity index (χ0v) is 85.6. The fraction of sp³-hybridized carbons (Fsp3) is 0.455. The second-order valence-corrected chi connectivity index (χ2v) is 45.5. The van der Waals surface area contributed by atoms with Gasteiger partial charge in [-0.15, -0.1) is 79.6 Å². The highest BCUT2D eigenvalue weighted by atomic mass is 35.5. The van der Waals surface area contributed by atoms with Gasteiger partial charge in [0.15, 0.2) is 69.0 Å². The van der Waals surface area contributed by atoms with E-state index in [1.165, 1.54) is 109 Å². The Morgan fingerprint density at radius 2 is 0.556 bits per heavy atom. The monoisotopic (exact) mass is 1950 g/mol. The molecule has 6 atom stereocenters. The molecule has 26 rings (SSSR count). The zero-order chi connectivity index (χ0) is 92.4. The number of thiophene rings is 6. The van der Waals surface area contributed by atoms with E-state index in [-0.39, 0.29) is 0 Å². The molecule has 0 unspecified atom stereocenters. The fourth-order valence-electron chi connectivity index (χ4n) is 23.3. The van der Waals surface area contributed by atoms with Crippen LogP contribution in [0.1, 0.15) is 213 Å². The lowest BCUT2D eigenvalue weighted by atomic mass is 9.86. The molecule has 0 saturated carbocycles. The number of ether oxygens (including phenoxy) is 12. The molecule has 0 fully saturated rings. The van der Waals surface area contributed by atoms with Gasteiger partial charge in [0.2, 0.25) is 13.6 Å². The number of fused-ring (bicyclic) bond motifs is 26. The van der Waals surface area contributed by atoms with Crippen LogP contribution in [-0.2, 0) is 142 Å². The van der Waals surface area contributed by atoms with E-state index in [9.17, 15) is 0 Å². The van der Waals surface area contributed by atoms with Crippen molar-refractivity contribution in [2.75, 3.05) is 116 Å². The van der Waals surface area contributed by atoms with Crippen molar-refractivity contribution >= 4 is 79.6 Å². The predicted octanol–water partition coefficient (Wildman–Crippen LogP) is 23.1. The lowest BCUT2D eigenvalue weighted by Gasteiger charge is -2.40. The highest BCUT2D eigenvalue weighted by Crippen LogP contribution is 2.53. The van der Waals surface area contributed by atoms with Crippen LogP contribution in [-0.4, -0.2) is 145 Å². The van der Waals surface area contributed by atoms with Crippen LogP contribution < -0.4 is 56.8 Å². The highest BCUT2D eigenvalue weighted by Gasteiger charge is 2.42. The van der Waals surface area contributed by atoms with Crippen molar-refractivity contribution in [3.8, 4) is 69.0 Å². The molecule has 14 aliphatic rings. The molecule has 18 nitrogen and oxygen atoms in total. The molecule has 25 heteroatoms. The fourth-order valence-corrected chi connectivity index (χ4v) is 30.5. The molecule has 0 bridgehead atoms. The number of benzene rings is 6. The number of rotatable bonds is 14. The van der Waals surface area contributed by atoms with Gasteiger partial charge in [0.25, 0.3) is 0 Å². The van der Waals surface area contributed by atoms with Crippen molar-refractivity contribution in [1.82, 2.24) is 29.4 Å². The summed E-state index contributed by atoms with van der Waals surface area (Å²) >= 11 is 17.7. The lowest BCUT2D eigenvalue weighted by molar-refractivity contribution is 0.162. The molecule has 0 saturated heterocycles. The van der Waals surface area contributed by atoms with Gasteiger partial charge in [-0.1, -0.05) is 27.7 Å². The van der Waals surface area contributed by atoms with Crippen LogP contribution in [0.3, 0.4) is 0 Å². The molecule has 20 heterocycles. The first kappa shape index (κ1) is 92.5. The quantitative estimate of drug-likeness (QED) is 0.0956. The molecule has 14 aliphatic heterocycles. The number of nitrogens with zero attached hydrogens (tertiary/aromatic N) is 6. The van der Waals surface area contributed by atoms with Crippen molar-refractivity contribution < 1.29 is 56.8 Å². The first-order chi connectivity index (χ1) is 66.0. The van der Waals surface area contributed by atoms with Crippen LogP contribution >= 0.6 is 79.6 Å². The number of hydrogen-bond donors (Lipinski definition) is 0. The summed E-state index contributed by atoms with van der Waals surface area (Å²) in [5.74, 6) is 11.9. The number of methoxy groups -OCH3 is 8. The first-order valence-corrected chi connectivity index (χ1v) is 54.0. The predicted molar refractivity (Wildman–Crippen MR) is 544 cm³/mol. The van der Waals surface area contributed by atoms with E-state index in [0.717, 1.165) is 250 Å². The lowest BCUT2D eigenvalue weighted by Crippen LogP contribution is -2.38. The number of aryl methyl sites for hydroxylation is 3. The Labute approximate surface area is 824 Å². The maximum Gasteiger partial charge on any atom is 0.231 e. The minimum absolute atomic E-state index is 0.363. The van der Waals surface area contributed by atoms with Gasteiger partial charge in [0, 0.05) is 208 Å². The normalized spacial score (nSPS) is 20.6. The van der Waals surface area contributed by atoms with Crippen LogP contribution in [0.25, 0.3) is 0 Å². The van der Waals surface area contributed by atoms with Gasteiger partial charge in [-0.2, -0.15) is 0 Å². The molecule has 710 valence electrons. The van der Waals surface area contributed by atoms with Gasteiger partial charge in [-0.05, 0) is 290 Å². The average Bonchev–Trinajstić information content (AvgIpc) is 1.74. The van der Waals surface area contributed by atoms with Crippen molar-refractivity contribution in [2.24, 2.45) is 5.92 Å². The van der Waals surface area contributed by atoms with E-state index in [1.54, 1.807) is 103 Å². The van der Waals surface area contributed by atoms with Crippen molar-refractivity contribution in [1.29, 1.82) is 0 Å². The summed E-state index contributed by atoms with van der Waals surface area (Å²) in [4.78, 5) is 31.1. The van der Waals surface area contributed by atoms with Crippen molar-refractivity contribution in [3.05, 3.63) is 269 Å². The molecule has 0 amide bonds. The largest absolute Gasteiger partial charge is 0.493 e. The van der Waals surface area contributed by atoms with Gasteiger partial charge in [-0.25, -0.2) is 0 Å². The topological polar surface area (TPSA) is 130 Å². The molecule has 6 aromatic heterocycles. The van der Waals surface area contributed by atoms with E-state index in [0.29, 0.717) is 55.7 Å². The van der Waals surface area contributed by atoms with Crippen LogP contribution in [0.4, 0.5) is 0 Å². The van der Waals surface area contributed by atoms with E-state index < -0.39 is 0 Å². The molecule has 0 radical (unpaired) electrons. The molecule has 0 N–H and O–H groups in total. The van der Waals surface area contributed by atoms with Gasteiger partial charge in [0.05, 0.1) is 56.9 Å². The average molecular weight is 1950 g/mol. The van der Waals surface area contributed by atoms with Crippen LogP contribution in [0.15, 0.2) is 120 Å². The van der Waals surface area contributed by atoms with E-state index in [1.807, 2.05) is 68.0 Å². The standard InChI is InChI=1S/C21H27NO2S.C19H22ClNO2S.C19H23NO2S.C18H19NO2S.C17H19NO2S.C16H15NO2S/c1-13(2)7-16-8-15-12-22-6-5-14-9-19(23-3)20(24-4)10-17(14)18(22)11-21(15)25-16;1-22-17-8-12-4-6-21-11-13-7-14(3-5-20)24-19(13)10-16(21)15(12)9-18(17)23-2;1-4-14-7-13-11-20-6-5-12-8-17(21-2)18(22-3)9-15(12)16(20)10-19(13)23-14;1-2-13-5-12-9-19-4-3-11-6-16-17(21-10-20-16)7-14(11)15(19)8-18(12)22-13;1-19-15-7-11-3-5-18-10-12-4-6-21-17(12)9-14(18)13(11)8-16(15)20-2;1-3-17-8-11-2-4-20-16(11)7-13(17)12-6-15-14(5-10(1)12)18-9-19-15/h8-10,13,18H,5-7,11-12H2,1-4H3;7-9,16H,3-6,10-11H2,1-2H3;7-9,16H,4-6,10-11H2,1-3H3;5-7,15H,2-4,8-10H2,1H3;4,6-8,14H,3,5,9-10H2,1-2H3;2,4-6,13H,1,3,7-9H2/t18-;2*16-;15-;14-;13-/m000000/s1. The highest BCUT2D eigenvalue weighted by molar-refractivity contribution is 7.13. The molecular formula is C110H125ClN6O12S6. The van der Waals surface area contributed by atoms with E-state index in [2.05, 4.69) is 177 Å². The molecule has 0 aliphatic carbocycles. The summed E-state index contributed by atoms with van der Waals surface area (Å²) in [6, 6.07) is 43.4. The number of hydrogen-bond acceptors (Lipinski definition) is 24. The Bertz CT molecular complexity index is 6340. The van der Waals surface area contributed by atoms with Gasteiger partial charge < -0.3 is 56.8 Å². The second kappa shape index (κ2) is 40.2.